The molecule has 0 unspecified atom stereocenters. The Labute approximate surface area is 205 Å². The molecule has 0 bridgehead atoms. The molecule has 2 heterocycles. The topological polar surface area (TPSA) is 42.4 Å². The average Bonchev–Trinajstić information content (AvgIpc) is 3.14. The molecule has 1 aromatic rings. The molecule has 6 heteroatoms. The SMILES string of the molecule is CCC[CH2][Sn]([CH2]CCC)([CH2]CCC)[c]1snc(C2CCN(C(=O)OC(C)(C)C)CC2)c1C. The molecule has 32 heavy (non-hydrogen) atoms. The fourth-order valence-electron chi connectivity index (χ4n) is 5.15. The van der Waals surface area contributed by atoms with Gasteiger partial charge in [0.15, 0.2) is 0 Å². The number of nitrogens with zero attached hydrogens (tertiary/aromatic N) is 2. The van der Waals surface area contributed by atoms with Crippen molar-refractivity contribution in [3.05, 3.63) is 11.3 Å². The first-order valence-corrected chi connectivity index (χ1v) is 21.4. The molecular weight excluding hydrogens is 523 g/mol. The van der Waals surface area contributed by atoms with Gasteiger partial charge in [0.25, 0.3) is 0 Å². The van der Waals surface area contributed by atoms with Crippen molar-refractivity contribution >= 4 is 38.9 Å². The van der Waals surface area contributed by atoms with Crippen molar-refractivity contribution < 1.29 is 9.53 Å². The van der Waals surface area contributed by atoms with Crippen molar-refractivity contribution in [3.8, 4) is 0 Å². The van der Waals surface area contributed by atoms with E-state index in [9.17, 15) is 4.79 Å². The van der Waals surface area contributed by atoms with Gasteiger partial charge in [-0.25, -0.2) is 0 Å². The fourth-order valence-corrected chi connectivity index (χ4v) is 25.7. The Kier molecular flexibility index (Phi) is 11.3. The van der Waals surface area contributed by atoms with E-state index in [1.165, 1.54) is 57.5 Å². The molecule has 1 aromatic heterocycles. The molecule has 2 rings (SSSR count). The van der Waals surface area contributed by atoms with Crippen LogP contribution in [-0.2, 0) is 4.74 Å². The van der Waals surface area contributed by atoms with Crippen LogP contribution in [0.2, 0.25) is 13.3 Å². The molecule has 184 valence electrons. The maximum absolute atomic E-state index is 12.5. The molecule has 1 amide bonds. The molecule has 0 N–H and O–H groups in total. The van der Waals surface area contributed by atoms with Crippen molar-refractivity contribution in [2.75, 3.05) is 13.1 Å². The zero-order chi connectivity index (χ0) is 23.8. The molecule has 0 aromatic carbocycles. The second kappa shape index (κ2) is 13.0. The molecule has 4 nitrogen and oxygen atoms in total. The van der Waals surface area contributed by atoms with Crippen LogP contribution in [0, 0.1) is 6.92 Å². The second-order valence-electron chi connectivity index (χ2n) is 10.9. The molecule has 0 aliphatic carbocycles. The summed E-state index contributed by atoms with van der Waals surface area (Å²) >= 11 is -0.556. The Morgan fingerprint density at radius 1 is 1.03 bits per heavy atom. The fraction of sp³-hybridized carbons (Fsp3) is 0.846. The van der Waals surface area contributed by atoms with E-state index in [2.05, 4.69) is 27.7 Å². The van der Waals surface area contributed by atoms with Crippen molar-refractivity contribution in [2.24, 2.45) is 0 Å². The van der Waals surface area contributed by atoms with Gasteiger partial charge < -0.3 is 0 Å². The second-order valence-corrected chi connectivity index (χ2v) is 25.7. The molecule has 1 saturated heterocycles. The van der Waals surface area contributed by atoms with E-state index < -0.39 is 24.0 Å². The Balaban J connectivity index is 2.18. The number of piperidine rings is 1. The number of rotatable bonds is 11. The van der Waals surface area contributed by atoms with Gasteiger partial charge in [0.05, 0.1) is 0 Å². The Bertz CT molecular complexity index is 683. The van der Waals surface area contributed by atoms with E-state index in [1.54, 1.807) is 8.46 Å². The molecule has 0 spiro atoms. The van der Waals surface area contributed by atoms with E-state index >= 15 is 0 Å². The Morgan fingerprint density at radius 2 is 1.53 bits per heavy atom. The number of aromatic nitrogens is 1. The quantitative estimate of drug-likeness (QED) is 0.257. The van der Waals surface area contributed by atoms with Gasteiger partial charge in [-0.1, -0.05) is 0 Å². The minimum atomic E-state index is -2.44. The third kappa shape index (κ3) is 7.61. The van der Waals surface area contributed by atoms with E-state index in [1.807, 2.05) is 37.2 Å². The molecule has 1 fully saturated rings. The summed E-state index contributed by atoms with van der Waals surface area (Å²) in [6.07, 6.45) is 9.95. The zero-order valence-corrected chi connectivity index (χ0v) is 25.6. The predicted molar refractivity (Wildman–Crippen MR) is 141 cm³/mol. The summed E-state index contributed by atoms with van der Waals surface area (Å²) in [5, 5.41) is 0. The zero-order valence-electron chi connectivity index (χ0n) is 21.9. The summed E-state index contributed by atoms with van der Waals surface area (Å²) in [6, 6.07) is 0. The third-order valence-electron chi connectivity index (χ3n) is 7.00. The van der Waals surface area contributed by atoms with Gasteiger partial charge >= 0.3 is 207 Å². The van der Waals surface area contributed by atoms with E-state index in [0.717, 1.165) is 25.9 Å². The number of hydrogen-bond donors (Lipinski definition) is 0. The summed E-state index contributed by atoms with van der Waals surface area (Å²) in [7, 11) is 0. The van der Waals surface area contributed by atoms with Crippen LogP contribution >= 0.6 is 11.5 Å². The van der Waals surface area contributed by atoms with Crippen LogP contribution in [0.25, 0.3) is 0 Å². The average molecular weight is 571 g/mol. The van der Waals surface area contributed by atoms with Gasteiger partial charge in [-0.2, -0.15) is 0 Å². The number of hydrogen-bond acceptors (Lipinski definition) is 4. The third-order valence-corrected chi connectivity index (χ3v) is 26.5. The van der Waals surface area contributed by atoms with Crippen molar-refractivity contribution in [2.45, 2.75) is 125 Å². The monoisotopic (exact) mass is 572 g/mol. The number of ether oxygens (including phenoxy) is 1. The molecule has 0 radical (unpaired) electrons. The predicted octanol–water partition coefficient (Wildman–Crippen LogP) is 7.62. The molecular formula is C26H48N2O2SSn. The number of unbranched alkanes of at least 4 members (excludes halogenated alkanes) is 3. The number of amides is 1. The maximum atomic E-state index is 12.5. The van der Waals surface area contributed by atoms with E-state index in [0.29, 0.717) is 5.92 Å². The summed E-state index contributed by atoms with van der Waals surface area (Å²) in [6.45, 7) is 16.8. The summed E-state index contributed by atoms with van der Waals surface area (Å²) in [5.41, 5.74) is 2.48. The van der Waals surface area contributed by atoms with Crippen LogP contribution < -0.4 is 2.89 Å². The number of likely N-dealkylation sites (tertiary alicyclic amines) is 1. The molecule has 1 aliphatic heterocycles. The van der Waals surface area contributed by atoms with Crippen LogP contribution in [0.5, 0.6) is 0 Å². The van der Waals surface area contributed by atoms with Gasteiger partial charge in [0.1, 0.15) is 0 Å². The molecule has 1 aliphatic rings. The van der Waals surface area contributed by atoms with Crippen molar-refractivity contribution in [1.82, 2.24) is 9.27 Å². The number of carbonyl (C=O) groups is 1. The summed E-state index contributed by atoms with van der Waals surface area (Å²) in [5.74, 6) is 0.492. The van der Waals surface area contributed by atoms with Gasteiger partial charge in [-0.3, -0.25) is 0 Å². The number of carbonyl (C=O) groups excluding carboxylic acids is 1. The molecule has 0 atom stereocenters. The van der Waals surface area contributed by atoms with Gasteiger partial charge in [0.2, 0.25) is 0 Å². The van der Waals surface area contributed by atoms with Gasteiger partial charge in [0, 0.05) is 0 Å². The van der Waals surface area contributed by atoms with Crippen LogP contribution in [0.15, 0.2) is 0 Å². The standard InChI is InChI=1S/C14H21N2O2S.3C4H9.Sn/c1-10-9-19-15-12(10)11-5-7-16(8-6-11)13(17)18-14(2,3)4;3*1-3-4-2;/h11H,5-8H2,1-4H3;3*1,3-4H2,2H3;. The first-order chi connectivity index (χ1) is 15.2. The minimum absolute atomic E-state index is 0.166. The van der Waals surface area contributed by atoms with Crippen LogP contribution in [0.1, 0.15) is 110 Å². The van der Waals surface area contributed by atoms with Crippen molar-refractivity contribution in [3.63, 3.8) is 0 Å². The Morgan fingerprint density at radius 3 is 1.97 bits per heavy atom. The first kappa shape index (κ1) is 27.9. The van der Waals surface area contributed by atoms with Crippen LogP contribution in [-0.4, -0.2) is 52.4 Å². The van der Waals surface area contributed by atoms with Gasteiger partial charge in [-0.05, 0) is 0 Å². The molecule has 0 saturated carbocycles. The normalized spacial score (nSPS) is 15.9. The first-order valence-electron chi connectivity index (χ1n) is 13.1. The van der Waals surface area contributed by atoms with Crippen LogP contribution in [0.4, 0.5) is 4.79 Å². The van der Waals surface area contributed by atoms with Crippen LogP contribution in [0.3, 0.4) is 0 Å². The van der Waals surface area contributed by atoms with Gasteiger partial charge in [-0.15, -0.1) is 0 Å². The summed E-state index contributed by atoms with van der Waals surface area (Å²) < 4.78 is 17.0. The van der Waals surface area contributed by atoms with E-state index in [4.69, 9.17) is 9.11 Å². The summed E-state index contributed by atoms with van der Waals surface area (Å²) in [4.78, 5) is 14.3. The van der Waals surface area contributed by atoms with E-state index in [-0.39, 0.29) is 6.09 Å². The Hall–Kier alpha value is -0.301. The van der Waals surface area contributed by atoms with Crippen molar-refractivity contribution in [1.29, 1.82) is 0 Å².